The summed E-state index contributed by atoms with van der Waals surface area (Å²) in [5.74, 6) is 2.57. The standard InChI is InChI=1S/C21H25N5O/c1-17-7-5-11-22-21(17)26-19(10-6-12-25-13-15-27-16-14-25)23-20(24-26)18-8-3-2-4-9-18/h2-5,7-9,11H,6,10,12-16H2,1H3. The van der Waals surface area contributed by atoms with Gasteiger partial charge in [0.2, 0.25) is 0 Å². The average Bonchev–Trinajstić information content (AvgIpc) is 3.14. The van der Waals surface area contributed by atoms with Gasteiger partial charge in [0.15, 0.2) is 11.6 Å². The zero-order chi connectivity index (χ0) is 18.5. The van der Waals surface area contributed by atoms with Gasteiger partial charge in [-0.05, 0) is 31.5 Å². The summed E-state index contributed by atoms with van der Waals surface area (Å²) in [5.41, 5.74) is 2.12. The Morgan fingerprint density at radius 3 is 2.63 bits per heavy atom. The number of pyridine rings is 1. The predicted octanol–water partition coefficient (Wildman–Crippen LogP) is 2.90. The molecule has 0 N–H and O–H groups in total. The number of hydrogen-bond donors (Lipinski definition) is 0. The predicted molar refractivity (Wildman–Crippen MR) is 105 cm³/mol. The van der Waals surface area contributed by atoms with Crippen LogP contribution in [0.15, 0.2) is 48.7 Å². The van der Waals surface area contributed by atoms with E-state index in [1.807, 2.05) is 47.3 Å². The van der Waals surface area contributed by atoms with E-state index in [4.69, 9.17) is 14.8 Å². The van der Waals surface area contributed by atoms with Crippen molar-refractivity contribution in [2.75, 3.05) is 32.8 Å². The van der Waals surface area contributed by atoms with E-state index in [1.54, 1.807) is 0 Å². The third-order valence-corrected chi connectivity index (χ3v) is 4.87. The molecule has 0 radical (unpaired) electrons. The minimum absolute atomic E-state index is 0.752. The summed E-state index contributed by atoms with van der Waals surface area (Å²) < 4.78 is 7.34. The molecule has 27 heavy (non-hydrogen) atoms. The van der Waals surface area contributed by atoms with Crippen LogP contribution in [-0.2, 0) is 11.2 Å². The van der Waals surface area contributed by atoms with Gasteiger partial charge in [-0.25, -0.2) is 9.97 Å². The maximum atomic E-state index is 5.43. The Hall–Kier alpha value is -2.57. The Kier molecular flexibility index (Phi) is 5.55. The number of ether oxygens (including phenoxy) is 1. The van der Waals surface area contributed by atoms with Crippen molar-refractivity contribution in [2.45, 2.75) is 19.8 Å². The second-order valence-electron chi connectivity index (χ2n) is 6.83. The average molecular weight is 363 g/mol. The number of hydrogen-bond acceptors (Lipinski definition) is 5. The molecule has 0 spiro atoms. The van der Waals surface area contributed by atoms with Crippen LogP contribution in [0, 0.1) is 6.92 Å². The second kappa shape index (κ2) is 8.41. The molecule has 1 saturated heterocycles. The van der Waals surface area contributed by atoms with Crippen LogP contribution in [0.3, 0.4) is 0 Å². The lowest BCUT2D eigenvalue weighted by Gasteiger charge is -2.26. The third kappa shape index (κ3) is 4.23. The molecule has 0 unspecified atom stereocenters. The molecule has 3 heterocycles. The zero-order valence-corrected chi connectivity index (χ0v) is 15.7. The van der Waals surface area contributed by atoms with Gasteiger partial charge in [-0.15, -0.1) is 5.10 Å². The second-order valence-corrected chi connectivity index (χ2v) is 6.83. The number of benzene rings is 1. The van der Waals surface area contributed by atoms with Crippen LogP contribution < -0.4 is 0 Å². The molecule has 0 saturated carbocycles. The fourth-order valence-corrected chi connectivity index (χ4v) is 3.37. The third-order valence-electron chi connectivity index (χ3n) is 4.87. The Morgan fingerprint density at radius 2 is 1.85 bits per heavy atom. The number of aryl methyl sites for hydroxylation is 2. The maximum Gasteiger partial charge on any atom is 0.181 e. The van der Waals surface area contributed by atoms with Crippen molar-refractivity contribution < 1.29 is 4.74 Å². The highest BCUT2D eigenvalue weighted by molar-refractivity contribution is 5.54. The summed E-state index contributed by atoms with van der Waals surface area (Å²) in [5, 5.41) is 4.79. The van der Waals surface area contributed by atoms with E-state index in [-0.39, 0.29) is 0 Å². The number of nitrogens with zero attached hydrogens (tertiary/aromatic N) is 5. The van der Waals surface area contributed by atoms with E-state index in [0.717, 1.165) is 74.3 Å². The highest BCUT2D eigenvalue weighted by Gasteiger charge is 2.16. The number of rotatable bonds is 6. The van der Waals surface area contributed by atoms with Gasteiger partial charge in [-0.2, -0.15) is 4.68 Å². The topological polar surface area (TPSA) is 56.1 Å². The molecule has 140 valence electrons. The fourth-order valence-electron chi connectivity index (χ4n) is 3.37. The van der Waals surface area contributed by atoms with E-state index < -0.39 is 0 Å². The van der Waals surface area contributed by atoms with Gasteiger partial charge < -0.3 is 4.74 Å². The highest BCUT2D eigenvalue weighted by Crippen LogP contribution is 2.19. The zero-order valence-electron chi connectivity index (χ0n) is 15.7. The van der Waals surface area contributed by atoms with Gasteiger partial charge in [0.25, 0.3) is 0 Å². The van der Waals surface area contributed by atoms with Crippen LogP contribution in [-0.4, -0.2) is 57.5 Å². The molecule has 0 bridgehead atoms. The Bertz CT molecular complexity index is 871. The highest BCUT2D eigenvalue weighted by atomic mass is 16.5. The fraction of sp³-hybridized carbons (Fsp3) is 0.381. The molecular weight excluding hydrogens is 338 g/mol. The van der Waals surface area contributed by atoms with E-state index in [1.165, 1.54) is 0 Å². The van der Waals surface area contributed by atoms with Gasteiger partial charge in [0.1, 0.15) is 5.82 Å². The van der Waals surface area contributed by atoms with Crippen LogP contribution in [0.2, 0.25) is 0 Å². The van der Waals surface area contributed by atoms with Crippen LogP contribution in [0.25, 0.3) is 17.2 Å². The first-order valence-corrected chi connectivity index (χ1v) is 9.55. The van der Waals surface area contributed by atoms with Crippen LogP contribution >= 0.6 is 0 Å². The molecule has 2 aromatic heterocycles. The Balaban J connectivity index is 1.58. The molecule has 1 aromatic carbocycles. The lowest BCUT2D eigenvalue weighted by Crippen LogP contribution is -2.37. The van der Waals surface area contributed by atoms with Crippen LogP contribution in [0.1, 0.15) is 17.8 Å². The lowest BCUT2D eigenvalue weighted by atomic mass is 10.2. The SMILES string of the molecule is Cc1cccnc1-n1nc(-c2ccccc2)nc1CCCN1CCOCC1. The number of aromatic nitrogens is 4. The van der Waals surface area contributed by atoms with Gasteiger partial charge in [-0.3, -0.25) is 4.90 Å². The monoisotopic (exact) mass is 363 g/mol. The molecule has 0 atom stereocenters. The first-order chi connectivity index (χ1) is 13.3. The van der Waals surface area contributed by atoms with E-state index in [0.29, 0.717) is 0 Å². The van der Waals surface area contributed by atoms with Crippen molar-refractivity contribution in [1.82, 2.24) is 24.6 Å². The lowest BCUT2D eigenvalue weighted by molar-refractivity contribution is 0.0374. The van der Waals surface area contributed by atoms with Gasteiger partial charge in [-0.1, -0.05) is 36.4 Å². The van der Waals surface area contributed by atoms with E-state index >= 15 is 0 Å². The molecule has 6 heteroatoms. The van der Waals surface area contributed by atoms with Crippen molar-refractivity contribution in [1.29, 1.82) is 0 Å². The molecule has 0 aliphatic carbocycles. The van der Waals surface area contributed by atoms with Crippen molar-refractivity contribution in [3.8, 4) is 17.2 Å². The normalized spacial score (nSPS) is 15.1. The Labute approximate surface area is 159 Å². The van der Waals surface area contributed by atoms with Crippen LogP contribution in [0.5, 0.6) is 0 Å². The summed E-state index contributed by atoms with van der Waals surface area (Å²) in [6.45, 7) is 6.81. The van der Waals surface area contributed by atoms with Crippen molar-refractivity contribution >= 4 is 0 Å². The van der Waals surface area contributed by atoms with Gasteiger partial charge in [0, 0.05) is 31.3 Å². The molecule has 0 amide bonds. The van der Waals surface area contributed by atoms with E-state index in [2.05, 4.69) is 22.9 Å². The molecule has 1 fully saturated rings. The smallest absolute Gasteiger partial charge is 0.181 e. The largest absolute Gasteiger partial charge is 0.379 e. The maximum absolute atomic E-state index is 5.43. The summed E-state index contributed by atoms with van der Waals surface area (Å²) >= 11 is 0. The minimum atomic E-state index is 0.752. The molecule has 1 aliphatic heterocycles. The van der Waals surface area contributed by atoms with Gasteiger partial charge >= 0.3 is 0 Å². The summed E-state index contributed by atoms with van der Waals surface area (Å²) in [4.78, 5) is 11.8. The molecule has 3 aromatic rings. The summed E-state index contributed by atoms with van der Waals surface area (Å²) in [6, 6.07) is 14.1. The van der Waals surface area contributed by atoms with Crippen molar-refractivity contribution in [3.63, 3.8) is 0 Å². The van der Waals surface area contributed by atoms with Crippen molar-refractivity contribution in [3.05, 3.63) is 60.0 Å². The molecule has 6 nitrogen and oxygen atoms in total. The summed E-state index contributed by atoms with van der Waals surface area (Å²) in [6.07, 6.45) is 3.72. The van der Waals surface area contributed by atoms with Gasteiger partial charge in [0.05, 0.1) is 13.2 Å². The quantitative estimate of drug-likeness (QED) is 0.674. The number of morpholine rings is 1. The first-order valence-electron chi connectivity index (χ1n) is 9.55. The molecule has 4 rings (SSSR count). The first kappa shape index (κ1) is 17.8. The summed E-state index contributed by atoms with van der Waals surface area (Å²) in [7, 11) is 0. The minimum Gasteiger partial charge on any atom is -0.379 e. The molecule has 1 aliphatic rings. The van der Waals surface area contributed by atoms with Crippen molar-refractivity contribution in [2.24, 2.45) is 0 Å². The molecular formula is C21H25N5O. The van der Waals surface area contributed by atoms with Crippen LogP contribution in [0.4, 0.5) is 0 Å². The van der Waals surface area contributed by atoms with E-state index in [9.17, 15) is 0 Å². The Morgan fingerprint density at radius 1 is 1.04 bits per heavy atom.